The molecule has 0 unspecified atom stereocenters. The quantitative estimate of drug-likeness (QED) is 0.0402. The van der Waals surface area contributed by atoms with Gasteiger partial charge in [0.05, 0.1) is 26.2 Å². The van der Waals surface area contributed by atoms with Crippen molar-refractivity contribution < 1.29 is 16.9 Å². The van der Waals surface area contributed by atoms with E-state index in [1.54, 1.807) is 0 Å². The van der Waals surface area contributed by atoms with Gasteiger partial charge in [-0.05, 0) is 37.8 Å². The molecule has 0 heterocycles. The molecule has 0 spiro atoms. The zero-order valence-corrected chi connectivity index (χ0v) is 28.8. The molecule has 40 heavy (non-hydrogen) atoms. The Morgan fingerprint density at radius 1 is 0.350 bits per heavy atom. The summed E-state index contributed by atoms with van der Waals surface area (Å²) in [7, 11) is 0. The second kappa shape index (κ2) is 34.9. The van der Waals surface area contributed by atoms with Crippen LogP contribution in [-0.4, -0.2) is 30.7 Å². The first-order valence-corrected chi connectivity index (χ1v) is 18.3. The predicted molar refractivity (Wildman–Crippen MR) is 181 cm³/mol. The third-order valence-corrected chi connectivity index (χ3v) is 9.00. The van der Waals surface area contributed by atoms with E-state index in [0.29, 0.717) is 0 Å². The molecule has 0 aromatic rings. The Hall–Kier alpha value is -0.270. The molecule has 1 nitrogen and oxygen atoms in total. The molecule has 240 valence electrons. The molecule has 0 saturated heterocycles. The van der Waals surface area contributed by atoms with E-state index in [0.717, 1.165) is 13.1 Å². The van der Waals surface area contributed by atoms with Crippen molar-refractivity contribution in [2.75, 3.05) is 26.2 Å². The number of halogens is 1. The normalized spacial score (nSPS) is 11.4. The molecule has 0 aliphatic rings. The number of hydrogen-bond acceptors (Lipinski definition) is 0. The molecule has 0 N–H and O–H groups in total. The summed E-state index contributed by atoms with van der Waals surface area (Å²) < 4.78 is 1.20. The van der Waals surface area contributed by atoms with Crippen LogP contribution in [0.2, 0.25) is 0 Å². The van der Waals surface area contributed by atoms with Gasteiger partial charge in [0.2, 0.25) is 0 Å². The fourth-order valence-electron chi connectivity index (χ4n) is 6.38. The van der Waals surface area contributed by atoms with Crippen LogP contribution in [0.1, 0.15) is 194 Å². The van der Waals surface area contributed by atoms with Crippen LogP contribution in [0.15, 0.2) is 25.3 Å². The topological polar surface area (TPSA) is 0 Å². The van der Waals surface area contributed by atoms with Crippen LogP contribution >= 0.6 is 0 Å². The van der Waals surface area contributed by atoms with Crippen molar-refractivity contribution in [3.8, 4) is 0 Å². The fraction of sp³-hybridized carbons (Fsp3) is 0.895. The second-order valence-corrected chi connectivity index (χ2v) is 12.9. The van der Waals surface area contributed by atoms with Gasteiger partial charge in [0.25, 0.3) is 0 Å². The minimum absolute atomic E-state index is 0. The van der Waals surface area contributed by atoms with Crippen LogP contribution in [0.3, 0.4) is 0 Å². The van der Waals surface area contributed by atoms with Gasteiger partial charge in [-0.2, -0.15) is 0 Å². The summed E-state index contributed by atoms with van der Waals surface area (Å²) in [6.07, 6.45) is 44.6. The highest BCUT2D eigenvalue weighted by Gasteiger charge is 2.23. The molecule has 0 aliphatic carbocycles. The maximum Gasteiger partial charge on any atom is 0.0973 e. The van der Waals surface area contributed by atoms with Crippen LogP contribution in [0.5, 0.6) is 0 Å². The summed E-state index contributed by atoms with van der Waals surface area (Å²) in [4.78, 5) is 0. The van der Waals surface area contributed by atoms with Crippen LogP contribution in [0, 0.1) is 0 Å². The zero-order chi connectivity index (χ0) is 28.5. The SMILES string of the molecule is C=CC[N+](CC=C)(CCCCCCCCCCCCCCCC)CCCCCCCCCCCCCCCC.[Cl-]. The highest BCUT2D eigenvalue weighted by Crippen LogP contribution is 2.18. The van der Waals surface area contributed by atoms with E-state index in [4.69, 9.17) is 0 Å². The van der Waals surface area contributed by atoms with E-state index in [-0.39, 0.29) is 12.4 Å². The minimum Gasteiger partial charge on any atom is -1.00 e. The van der Waals surface area contributed by atoms with Crippen LogP contribution in [0.25, 0.3) is 0 Å². The van der Waals surface area contributed by atoms with Crippen molar-refractivity contribution in [3.05, 3.63) is 25.3 Å². The molecule has 0 rings (SSSR count). The van der Waals surface area contributed by atoms with E-state index in [1.807, 2.05) is 0 Å². The van der Waals surface area contributed by atoms with Crippen molar-refractivity contribution in [1.29, 1.82) is 0 Å². The van der Waals surface area contributed by atoms with Gasteiger partial charge in [-0.1, -0.05) is 181 Å². The predicted octanol–water partition coefficient (Wildman–Crippen LogP) is 10.1. The lowest BCUT2D eigenvalue weighted by Crippen LogP contribution is -3.00. The van der Waals surface area contributed by atoms with Crippen molar-refractivity contribution >= 4 is 0 Å². The number of unbranched alkanes of at least 4 members (excludes halogenated alkanes) is 26. The maximum atomic E-state index is 4.11. The Labute approximate surface area is 261 Å². The van der Waals surface area contributed by atoms with Gasteiger partial charge in [0, 0.05) is 0 Å². The molecule has 0 amide bonds. The van der Waals surface area contributed by atoms with E-state index in [2.05, 4.69) is 39.2 Å². The molecule has 0 atom stereocenters. The lowest BCUT2D eigenvalue weighted by molar-refractivity contribution is -0.917. The largest absolute Gasteiger partial charge is 1.00 e. The molecular weight excluding hydrogens is 506 g/mol. The summed E-state index contributed by atoms with van der Waals surface area (Å²) in [6, 6.07) is 0. The van der Waals surface area contributed by atoms with Crippen molar-refractivity contribution in [1.82, 2.24) is 0 Å². The summed E-state index contributed by atoms with van der Waals surface area (Å²) in [5.74, 6) is 0. The summed E-state index contributed by atoms with van der Waals surface area (Å²) in [6.45, 7) is 17.7. The number of quaternary nitrogens is 1. The van der Waals surface area contributed by atoms with Crippen molar-refractivity contribution in [3.63, 3.8) is 0 Å². The van der Waals surface area contributed by atoms with Gasteiger partial charge in [-0.3, -0.25) is 0 Å². The van der Waals surface area contributed by atoms with Gasteiger partial charge in [0.1, 0.15) is 0 Å². The molecular formula is C38H76ClN. The Morgan fingerprint density at radius 2 is 0.550 bits per heavy atom. The second-order valence-electron chi connectivity index (χ2n) is 12.9. The van der Waals surface area contributed by atoms with E-state index in [1.165, 1.54) is 197 Å². The number of rotatable bonds is 34. The van der Waals surface area contributed by atoms with Gasteiger partial charge < -0.3 is 16.9 Å². The van der Waals surface area contributed by atoms with Crippen LogP contribution < -0.4 is 12.4 Å². The molecule has 0 aromatic carbocycles. The third-order valence-electron chi connectivity index (χ3n) is 9.00. The average molecular weight is 582 g/mol. The Morgan fingerprint density at radius 3 is 0.750 bits per heavy atom. The fourth-order valence-corrected chi connectivity index (χ4v) is 6.38. The van der Waals surface area contributed by atoms with Crippen LogP contribution in [0.4, 0.5) is 0 Å². The smallest absolute Gasteiger partial charge is 0.0973 e. The molecule has 2 heteroatoms. The molecule has 0 saturated carbocycles. The van der Waals surface area contributed by atoms with Crippen LogP contribution in [-0.2, 0) is 0 Å². The molecule has 0 fully saturated rings. The van der Waals surface area contributed by atoms with E-state index >= 15 is 0 Å². The Bertz CT molecular complexity index is 444. The van der Waals surface area contributed by atoms with Gasteiger partial charge in [-0.15, -0.1) is 0 Å². The Balaban J connectivity index is 0. The first-order chi connectivity index (χ1) is 19.2. The van der Waals surface area contributed by atoms with E-state index in [9.17, 15) is 0 Å². The van der Waals surface area contributed by atoms with E-state index < -0.39 is 0 Å². The van der Waals surface area contributed by atoms with Crippen molar-refractivity contribution in [2.45, 2.75) is 194 Å². The number of hydrogen-bond donors (Lipinski definition) is 0. The van der Waals surface area contributed by atoms with Crippen molar-refractivity contribution in [2.24, 2.45) is 0 Å². The monoisotopic (exact) mass is 582 g/mol. The first kappa shape index (κ1) is 41.9. The maximum absolute atomic E-state index is 4.11. The standard InChI is InChI=1S/C38H76N.ClH/c1-5-9-11-13-15-17-19-21-23-25-27-29-31-33-37-39(35-7-3,36-8-4)38-34-32-30-28-26-24-22-20-18-16-14-12-10-6-2;/h7-8H,3-6,9-38H2,1-2H3;1H/q+1;/p-1. The lowest BCUT2D eigenvalue weighted by Gasteiger charge is -2.37. The highest BCUT2D eigenvalue weighted by atomic mass is 35.5. The van der Waals surface area contributed by atoms with Gasteiger partial charge in [-0.25, -0.2) is 0 Å². The molecule has 0 aromatic heterocycles. The van der Waals surface area contributed by atoms with Gasteiger partial charge in [0.15, 0.2) is 0 Å². The third kappa shape index (κ3) is 29.2. The highest BCUT2D eigenvalue weighted by molar-refractivity contribution is 4.72. The molecule has 0 radical (unpaired) electrons. The average Bonchev–Trinajstić information content (AvgIpc) is 2.93. The summed E-state index contributed by atoms with van der Waals surface area (Å²) in [5, 5.41) is 0. The van der Waals surface area contributed by atoms with Gasteiger partial charge >= 0.3 is 0 Å². The molecule has 0 bridgehead atoms. The summed E-state index contributed by atoms with van der Waals surface area (Å²) >= 11 is 0. The summed E-state index contributed by atoms with van der Waals surface area (Å²) in [5.41, 5.74) is 0. The first-order valence-electron chi connectivity index (χ1n) is 18.3. The minimum atomic E-state index is 0. The lowest BCUT2D eigenvalue weighted by atomic mass is 10.0. The Kier molecular flexibility index (Phi) is 36.6. The number of nitrogens with zero attached hydrogens (tertiary/aromatic N) is 1. The molecule has 0 aliphatic heterocycles. The zero-order valence-electron chi connectivity index (χ0n) is 28.0.